The van der Waals surface area contributed by atoms with Gasteiger partial charge in [-0.1, -0.05) is 31.5 Å². The van der Waals surface area contributed by atoms with Crippen LogP contribution in [0.5, 0.6) is 0 Å². The van der Waals surface area contributed by atoms with E-state index in [9.17, 15) is 0 Å². The summed E-state index contributed by atoms with van der Waals surface area (Å²) in [7, 11) is 0. The molecule has 0 fully saturated rings. The van der Waals surface area contributed by atoms with E-state index in [1.807, 2.05) is 30.6 Å². The quantitative estimate of drug-likeness (QED) is 0.553. The predicted octanol–water partition coefficient (Wildman–Crippen LogP) is 4.31. The minimum Gasteiger partial charge on any atom is -0.381 e. The molecule has 0 aliphatic carbocycles. The van der Waals surface area contributed by atoms with Crippen molar-refractivity contribution < 1.29 is 0 Å². The zero-order chi connectivity index (χ0) is 17.1. The lowest BCUT2D eigenvalue weighted by Gasteiger charge is -2.10. The van der Waals surface area contributed by atoms with Crippen LogP contribution in [0.4, 0.5) is 5.69 Å². The summed E-state index contributed by atoms with van der Waals surface area (Å²) in [6, 6.07) is 16.5. The number of benzene rings is 2. The van der Waals surface area contributed by atoms with Gasteiger partial charge < -0.3 is 5.32 Å². The van der Waals surface area contributed by atoms with Gasteiger partial charge in [0.15, 0.2) is 0 Å². The van der Waals surface area contributed by atoms with E-state index in [0.717, 1.165) is 41.7 Å². The molecule has 5 heteroatoms. The van der Waals surface area contributed by atoms with Gasteiger partial charge in [-0.2, -0.15) is 10.2 Å². The average molecular weight is 331 g/mol. The van der Waals surface area contributed by atoms with Crippen LogP contribution in [-0.4, -0.2) is 20.0 Å². The number of aromatic nitrogens is 4. The molecule has 2 aromatic heterocycles. The van der Waals surface area contributed by atoms with Crippen LogP contribution in [0.3, 0.4) is 0 Å². The summed E-state index contributed by atoms with van der Waals surface area (Å²) >= 11 is 0. The number of anilines is 1. The van der Waals surface area contributed by atoms with Gasteiger partial charge in [-0.15, -0.1) is 0 Å². The first-order chi connectivity index (χ1) is 12.3. The van der Waals surface area contributed by atoms with E-state index in [4.69, 9.17) is 0 Å². The first-order valence-corrected chi connectivity index (χ1v) is 8.63. The van der Waals surface area contributed by atoms with E-state index in [1.165, 1.54) is 11.3 Å². The van der Waals surface area contributed by atoms with Crippen LogP contribution in [0.25, 0.3) is 16.6 Å². The molecule has 0 aliphatic heterocycles. The van der Waals surface area contributed by atoms with Crippen molar-refractivity contribution >= 4 is 16.6 Å². The van der Waals surface area contributed by atoms with Crippen LogP contribution in [0.2, 0.25) is 0 Å². The smallest absolute Gasteiger partial charge is 0.0670 e. The van der Waals surface area contributed by atoms with Gasteiger partial charge in [0, 0.05) is 28.9 Å². The first-order valence-electron chi connectivity index (χ1n) is 8.63. The van der Waals surface area contributed by atoms with Gasteiger partial charge in [0.1, 0.15) is 0 Å². The maximum absolute atomic E-state index is 4.62. The van der Waals surface area contributed by atoms with Crippen LogP contribution < -0.4 is 5.32 Å². The van der Waals surface area contributed by atoms with Crippen molar-refractivity contribution in [1.29, 1.82) is 0 Å². The highest BCUT2D eigenvalue weighted by atomic mass is 15.3. The third kappa shape index (κ3) is 3.13. The van der Waals surface area contributed by atoms with E-state index in [-0.39, 0.29) is 0 Å². The molecular weight excluding hydrogens is 310 g/mol. The van der Waals surface area contributed by atoms with Gasteiger partial charge in [0.2, 0.25) is 0 Å². The third-order valence-electron chi connectivity index (χ3n) is 4.37. The van der Waals surface area contributed by atoms with Gasteiger partial charge in [0.05, 0.1) is 23.6 Å². The van der Waals surface area contributed by atoms with Crippen molar-refractivity contribution in [3.05, 3.63) is 72.2 Å². The highest BCUT2D eigenvalue weighted by Gasteiger charge is 2.11. The van der Waals surface area contributed by atoms with Gasteiger partial charge >= 0.3 is 0 Å². The Morgan fingerprint density at radius 1 is 1.08 bits per heavy atom. The highest BCUT2D eigenvalue weighted by Crippen LogP contribution is 2.20. The van der Waals surface area contributed by atoms with Gasteiger partial charge in [-0.3, -0.25) is 5.10 Å². The summed E-state index contributed by atoms with van der Waals surface area (Å²) in [4.78, 5) is 0. The summed E-state index contributed by atoms with van der Waals surface area (Å²) in [5.41, 5.74) is 5.72. The Morgan fingerprint density at radius 2 is 1.96 bits per heavy atom. The Labute approximate surface area is 146 Å². The van der Waals surface area contributed by atoms with Crippen molar-refractivity contribution in [3.8, 4) is 5.69 Å². The average Bonchev–Trinajstić information content (AvgIpc) is 3.27. The van der Waals surface area contributed by atoms with E-state index in [1.54, 1.807) is 0 Å². The number of nitrogens with zero attached hydrogens (tertiary/aromatic N) is 3. The number of rotatable bonds is 6. The number of hydrogen-bond acceptors (Lipinski definition) is 3. The van der Waals surface area contributed by atoms with E-state index in [0.29, 0.717) is 0 Å². The van der Waals surface area contributed by atoms with Crippen LogP contribution in [0, 0.1) is 0 Å². The molecule has 0 saturated carbocycles. The number of hydrogen-bond donors (Lipinski definition) is 2. The number of nitrogens with one attached hydrogen (secondary N) is 2. The number of para-hydroxylation sites is 1. The van der Waals surface area contributed by atoms with E-state index >= 15 is 0 Å². The van der Waals surface area contributed by atoms with Crippen LogP contribution >= 0.6 is 0 Å². The summed E-state index contributed by atoms with van der Waals surface area (Å²) in [6.45, 7) is 2.95. The number of H-pyrrole nitrogens is 1. The second-order valence-corrected chi connectivity index (χ2v) is 6.14. The fourth-order valence-corrected chi connectivity index (χ4v) is 3.09. The molecule has 0 amide bonds. The normalized spacial score (nSPS) is 11.1. The van der Waals surface area contributed by atoms with E-state index < -0.39 is 0 Å². The molecule has 2 N–H and O–H groups in total. The molecule has 0 aliphatic rings. The molecule has 0 radical (unpaired) electrons. The molecule has 5 nitrogen and oxygen atoms in total. The summed E-state index contributed by atoms with van der Waals surface area (Å²) in [5.74, 6) is 0. The predicted molar refractivity (Wildman–Crippen MR) is 101 cm³/mol. The number of fused-ring (bicyclic) bond motifs is 1. The minimum absolute atomic E-state index is 0.752. The second kappa shape index (κ2) is 6.81. The van der Waals surface area contributed by atoms with Crippen LogP contribution in [-0.2, 0) is 13.0 Å². The monoisotopic (exact) mass is 331 g/mol. The highest BCUT2D eigenvalue weighted by molar-refractivity contribution is 5.81. The molecule has 0 bridgehead atoms. The largest absolute Gasteiger partial charge is 0.381 e. The Balaban J connectivity index is 1.58. The molecule has 25 heavy (non-hydrogen) atoms. The Morgan fingerprint density at radius 3 is 2.80 bits per heavy atom. The minimum atomic E-state index is 0.752. The maximum Gasteiger partial charge on any atom is 0.0670 e. The fraction of sp³-hybridized carbons (Fsp3) is 0.200. The molecular formula is C20H21N5. The van der Waals surface area contributed by atoms with Crippen LogP contribution in [0.15, 0.2) is 60.9 Å². The summed E-state index contributed by atoms with van der Waals surface area (Å²) in [5, 5.41) is 16.3. The molecule has 0 saturated heterocycles. The molecule has 4 aromatic rings. The lowest BCUT2D eigenvalue weighted by atomic mass is 10.1. The molecule has 2 heterocycles. The van der Waals surface area contributed by atoms with Gasteiger partial charge in [0.25, 0.3) is 0 Å². The standard InChI is InChI=1S/C20H21N5/c1-2-6-20-16(14-23-25(20)18-7-4-3-5-8-18)12-21-17-10-9-15-13-22-24-19(15)11-17/h3-5,7-11,13-14,21H,2,6,12H2,1H3,(H,22,24). The first kappa shape index (κ1) is 15.4. The van der Waals surface area contributed by atoms with Gasteiger partial charge in [-0.05, 0) is 36.8 Å². The Bertz CT molecular complexity index is 968. The van der Waals surface area contributed by atoms with Crippen LogP contribution in [0.1, 0.15) is 24.6 Å². The summed E-state index contributed by atoms with van der Waals surface area (Å²) in [6.07, 6.45) is 5.90. The Hall–Kier alpha value is -3.08. The SMILES string of the molecule is CCCc1c(CNc2ccc3cn[nH]c3c2)cnn1-c1ccccc1. The summed E-state index contributed by atoms with van der Waals surface area (Å²) < 4.78 is 2.05. The molecule has 0 spiro atoms. The molecule has 4 rings (SSSR count). The maximum atomic E-state index is 4.62. The second-order valence-electron chi connectivity index (χ2n) is 6.14. The molecule has 0 unspecified atom stereocenters. The lowest BCUT2D eigenvalue weighted by Crippen LogP contribution is -2.06. The zero-order valence-electron chi connectivity index (χ0n) is 14.2. The molecule has 2 aromatic carbocycles. The van der Waals surface area contributed by atoms with Crippen molar-refractivity contribution in [1.82, 2.24) is 20.0 Å². The third-order valence-corrected chi connectivity index (χ3v) is 4.37. The number of aromatic amines is 1. The van der Waals surface area contributed by atoms with Crippen molar-refractivity contribution in [2.75, 3.05) is 5.32 Å². The fourth-order valence-electron chi connectivity index (χ4n) is 3.09. The van der Waals surface area contributed by atoms with Gasteiger partial charge in [-0.25, -0.2) is 4.68 Å². The molecule has 0 atom stereocenters. The molecule has 126 valence electrons. The van der Waals surface area contributed by atoms with E-state index in [2.05, 4.69) is 62.6 Å². The Kier molecular flexibility index (Phi) is 4.21. The topological polar surface area (TPSA) is 58.5 Å². The lowest BCUT2D eigenvalue weighted by molar-refractivity contribution is 0.769. The van der Waals surface area contributed by atoms with Crippen molar-refractivity contribution in [3.63, 3.8) is 0 Å². The van der Waals surface area contributed by atoms with Crippen molar-refractivity contribution in [2.24, 2.45) is 0 Å². The van der Waals surface area contributed by atoms with Crippen molar-refractivity contribution in [2.45, 2.75) is 26.3 Å². The zero-order valence-corrected chi connectivity index (χ0v) is 14.2.